The predicted octanol–water partition coefficient (Wildman–Crippen LogP) is 2.21. The number of aryl methyl sites for hydroxylation is 1. The summed E-state index contributed by atoms with van der Waals surface area (Å²) in [6, 6.07) is 1.91. The maximum Gasteiger partial charge on any atom is 0.135 e. The number of rotatable bonds is 2. The van der Waals surface area contributed by atoms with E-state index in [0.29, 0.717) is 5.69 Å². The molecule has 2 heterocycles. The Morgan fingerprint density at radius 1 is 1.67 bits per heavy atom. The van der Waals surface area contributed by atoms with E-state index in [1.54, 1.807) is 16.0 Å². The van der Waals surface area contributed by atoms with Crippen LogP contribution in [0.2, 0.25) is 0 Å². The van der Waals surface area contributed by atoms with E-state index >= 15 is 0 Å². The lowest BCUT2D eigenvalue weighted by Crippen LogP contribution is -1.99. The predicted molar refractivity (Wildman–Crippen MR) is 63.8 cm³/mol. The van der Waals surface area contributed by atoms with Gasteiger partial charge in [-0.05, 0) is 27.9 Å². The second kappa shape index (κ2) is 4.17. The molecule has 0 saturated heterocycles. The lowest BCUT2D eigenvalue weighted by Gasteiger charge is -1.98. The van der Waals surface area contributed by atoms with Gasteiger partial charge in [0, 0.05) is 19.2 Å². The molecule has 0 atom stereocenters. The van der Waals surface area contributed by atoms with E-state index in [4.69, 9.17) is 6.42 Å². The zero-order valence-corrected chi connectivity index (χ0v) is 10.5. The average Bonchev–Trinajstić information content (AvgIpc) is 2.76. The third-order valence-electron chi connectivity index (χ3n) is 2.06. The molecule has 0 unspecified atom stereocenters. The molecule has 2 rings (SSSR count). The fraction of sp³-hybridized carbons (Fsp3) is 0.200. The Hall–Kier alpha value is -1.12. The summed E-state index contributed by atoms with van der Waals surface area (Å²) in [7, 11) is 1.89. The van der Waals surface area contributed by atoms with Gasteiger partial charge in [0.1, 0.15) is 5.69 Å². The summed E-state index contributed by atoms with van der Waals surface area (Å²) in [5, 5.41) is 4.18. The van der Waals surface area contributed by atoms with Crippen molar-refractivity contribution in [3.05, 3.63) is 32.4 Å². The number of terminal acetylenes is 1. The van der Waals surface area contributed by atoms with E-state index in [1.165, 1.54) is 0 Å². The van der Waals surface area contributed by atoms with Gasteiger partial charge < -0.3 is 0 Å². The maximum atomic E-state index is 5.29. The van der Waals surface area contributed by atoms with Crippen molar-refractivity contribution in [1.29, 1.82) is 0 Å². The van der Waals surface area contributed by atoms with Crippen molar-refractivity contribution in [1.82, 2.24) is 14.8 Å². The molecule has 76 valence electrons. The first-order valence-corrected chi connectivity index (χ1v) is 5.95. The molecule has 0 aliphatic carbocycles. The smallest absolute Gasteiger partial charge is 0.135 e. The van der Waals surface area contributed by atoms with Gasteiger partial charge in [0.15, 0.2) is 0 Å². The van der Waals surface area contributed by atoms with Crippen LogP contribution in [0.25, 0.3) is 0 Å². The molecule has 2 aromatic rings. The fourth-order valence-electron chi connectivity index (χ4n) is 1.28. The molecule has 0 aliphatic rings. The number of halogens is 1. The molecule has 0 amide bonds. The first-order valence-electron chi connectivity index (χ1n) is 4.28. The molecule has 0 fully saturated rings. The molecule has 0 bridgehead atoms. The van der Waals surface area contributed by atoms with Crippen molar-refractivity contribution < 1.29 is 0 Å². The minimum Gasteiger partial charge on any atom is -0.271 e. The Kier molecular flexibility index (Phi) is 2.89. The summed E-state index contributed by atoms with van der Waals surface area (Å²) in [4.78, 5) is 4.27. The van der Waals surface area contributed by atoms with Crippen LogP contribution in [0.15, 0.2) is 15.4 Å². The minimum atomic E-state index is 0.666. The van der Waals surface area contributed by atoms with Gasteiger partial charge in [-0.2, -0.15) is 5.10 Å². The topological polar surface area (TPSA) is 30.7 Å². The molecule has 0 spiro atoms. The van der Waals surface area contributed by atoms with Crippen LogP contribution in [0.4, 0.5) is 0 Å². The normalized spacial score (nSPS) is 10.2. The largest absolute Gasteiger partial charge is 0.271 e. The van der Waals surface area contributed by atoms with Gasteiger partial charge in [-0.15, -0.1) is 17.8 Å². The van der Waals surface area contributed by atoms with Gasteiger partial charge in [-0.1, -0.05) is 0 Å². The van der Waals surface area contributed by atoms with Crippen LogP contribution in [0.5, 0.6) is 0 Å². The summed E-state index contributed by atoms with van der Waals surface area (Å²) >= 11 is 5.04. The lowest BCUT2D eigenvalue weighted by molar-refractivity contribution is 0.718. The van der Waals surface area contributed by atoms with Crippen molar-refractivity contribution in [2.45, 2.75) is 6.42 Å². The number of nitrogens with zero attached hydrogens (tertiary/aromatic N) is 3. The molecule has 2 aromatic heterocycles. The average molecular weight is 282 g/mol. The monoisotopic (exact) mass is 281 g/mol. The Morgan fingerprint density at radius 3 is 3.00 bits per heavy atom. The number of thiazole rings is 1. The van der Waals surface area contributed by atoms with E-state index in [2.05, 4.69) is 31.9 Å². The van der Waals surface area contributed by atoms with Crippen LogP contribution in [0.1, 0.15) is 17.1 Å². The molecule has 0 radical (unpaired) electrons. The van der Waals surface area contributed by atoms with Gasteiger partial charge in [0.05, 0.1) is 15.0 Å². The van der Waals surface area contributed by atoms with Crippen LogP contribution in [0.3, 0.4) is 0 Å². The van der Waals surface area contributed by atoms with Crippen molar-refractivity contribution in [2.24, 2.45) is 7.05 Å². The van der Waals surface area contributed by atoms with Gasteiger partial charge >= 0.3 is 0 Å². The van der Waals surface area contributed by atoms with Crippen LogP contribution in [-0.4, -0.2) is 14.8 Å². The Bertz CT molecular complexity index is 521. The summed E-state index contributed by atoms with van der Waals surface area (Å²) < 4.78 is 2.85. The second-order valence-electron chi connectivity index (χ2n) is 3.04. The Labute approximate surface area is 100 Å². The van der Waals surface area contributed by atoms with Gasteiger partial charge in [-0.3, -0.25) is 4.68 Å². The first-order chi connectivity index (χ1) is 7.20. The quantitative estimate of drug-likeness (QED) is 0.791. The van der Waals surface area contributed by atoms with Gasteiger partial charge in [0.25, 0.3) is 0 Å². The summed E-state index contributed by atoms with van der Waals surface area (Å²) in [6.07, 6.45) is 6.03. The molecule has 0 aliphatic heterocycles. The summed E-state index contributed by atoms with van der Waals surface area (Å²) in [5.41, 5.74) is 4.57. The Balaban J connectivity index is 2.29. The highest BCUT2D eigenvalue weighted by Crippen LogP contribution is 2.23. The number of hydrogen-bond acceptors (Lipinski definition) is 3. The molecular formula is C10H8BrN3S. The van der Waals surface area contributed by atoms with Crippen LogP contribution in [-0.2, 0) is 13.5 Å². The zero-order valence-electron chi connectivity index (χ0n) is 8.07. The third-order valence-corrected chi connectivity index (χ3v) is 3.74. The van der Waals surface area contributed by atoms with Crippen molar-refractivity contribution in [2.75, 3.05) is 0 Å². The van der Waals surface area contributed by atoms with Crippen molar-refractivity contribution in [3.63, 3.8) is 0 Å². The maximum absolute atomic E-state index is 5.29. The highest BCUT2D eigenvalue weighted by atomic mass is 79.9. The van der Waals surface area contributed by atoms with Crippen molar-refractivity contribution in [3.8, 4) is 12.3 Å². The molecule has 0 saturated carbocycles. The van der Waals surface area contributed by atoms with Crippen LogP contribution >= 0.6 is 27.3 Å². The number of hydrogen-bond donors (Lipinski definition) is 0. The zero-order chi connectivity index (χ0) is 10.8. The fourth-order valence-corrected chi connectivity index (χ4v) is 2.31. The lowest BCUT2D eigenvalue weighted by atomic mass is 10.2. The Morgan fingerprint density at radius 2 is 2.47 bits per heavy atom. The second-order valence-corrected chi connectivity index (χ2v) is 5.21. The molecule has 15 heavy (non-hydrogen) atoms. The van der Waals surface area contributed by atoms with Crippen molar-refractivity contribution >= 4 is 27.3 Å². The van der Waals surface area contributed by atoms with E-state index < -0.39 is 0 Å². The van der Waals surface area contributed by atoms with E-state index in [9.17, 15) is 0 Å². The molecular weight excluding hydrogens is 274 g/mol. The van der Waals surface area contributed by atoms with E-state index in [-0.39, 0.29) is 0 Å². The van der Waals surface area contributed by atoms with Gasteiger partial charge in [-0.25, -0.2) is 4.98 Å². The van der Waals surface area contributed by atoms with Crippen LogP contribution in [0, 0.1) is 12.3 Å². The summed E-state index contributed by atoms with van der Waals surface area (Å²) in [5.74, 6) is 2.52. The molecule has 0 N–H and O–H groups in total. The van der Waals surface area contributed by atoms with E-state index in [0.717, 1.165) is 21.6 Å². The summed E-state index contributed by atoms with van der Waals surface area (Å²) in [6.45, 7) is 0. The highest BCUT2D eigenvalue weighted by Gasteiger charge is 2.08. The first kappa shape index (κ1) is 10.4. The highest BCUT2D eigenvalue weighted by molar-refractivity contribution is 9.11. The van der Waals surface area contributed by atoms with Gasteiger partial charge in [0.2, 0.25) is 0 Å². The third kappa shape index (κ3) is 2.11. The number of aromatic nitrogens is 3. The van der Waals surface area contributed by atoms with E-state index in [1.807, 2.05) is 18.6 Å². The molecule has 3 nitrogen and oxygen atoms in total. The molecule has 5 heteroatoms. The van der Waals surface area contributed by atoms with Crippen LogP contribution < -0.4 is 0 Å². The molecule has 0 aromatic carbocycles. The standard InChI is InChI=1S/C10H8BrN3S/c1-3-7-4-8(14(2)13-7)5-9-10(11)15-6-12-9/h1,4,6H,5H2,2H3. The SMILES string of the molecule is C#Cc1cc(Cc2ncsc2Br)n(C)n1. The minimum absolute atomic E-state index is 0.666.